The van der Waals surface area contributed by atoms with Gasteiger partial charge in [0, 0.05) is 17.7 Å². The molecule has 0 saturated heterocycles. The predicted molar refractivity (Wildman–Crippen MR) is 86.2 cm³/mol. The maximum absolute atomic E-state index is 12.5. The van der Waals surface area contributed by atoms with E-state index in [2.05, 4.69) is 5.32 Å². The maximum atomic E-state index is 12.5. The van der Waals surface area contributed by atoms with E-state index in [4.69, 9.17) is 11.0 Å². The Morgan fingerprint density at radius 3 is 2.50 bits per heavy atom. The number of carbonyl (C=O) groups is 2. The fraction of sp³-hybridized carbons (Fsp3) is 0.0625. The molecule has 120 valence electrons. The Bertz CT molecular complexity index is 856. The molecule has 0 unspecified atom stereocenters. The number of nitrogens with one attached hydrogen (secondary N) is 1. The first-order chi connectivity index (χ1) is 11.4. The quantitative estimate of drug-likeness (QED) is 0.374. The van der Waals surface area contributed by atoms with E-state index in [1.807, 2.05) is 0 Å². The highest BCUT2D eigenvalue weighted by Crippen LogP contribution is 2.31. The lowest BCUT2D eigenvalue weighted by Gasteiger charge is -2.11. The van der Waals surface area contributed by atoms with Gasteiger partial charge >= 0.3 is 0 Å². The van der Waals surface area contributed by atoms with Crippen LogP contribution in [0.3, 0.4) is 0 Å². The molecule has 0 fully saturated rings. The number of ketones is 1. The van der Waals surface area contributed by atoms with Crippen molar-refractivity contribution in [3.8, 4) is 6.07 Å². The van der Waals surface area contributed by atoms with Gasteiger partial charge in [0.1, 0.15) is 6.42 Å². The van der Waals surface area contributed by atoms with E-state index in [1.54, 1.807) is 36.4 Å². The van der Waals surface area contributed by atoms with E-state index in [-0.39, 0.29) is 16.9 Å². The number of anilines is 2. The lowest BCUT2D eigenvalue weighted by Crippen LogP contribution is -2.15. The van der Waals surface area contributed by atoms with Crippen molar-refractivity contribution < 1.29 is 14.5 Å². The van der Waals surface area contributed by atoms with Crippen LogP contribution in [0.1, 0.15) is 22.3 Å². The second-order valence-corrected chi connectivity index (χ2v) is 4.79. The largest absolute Gasteiger partial charge is 0.396 e. The third kappa shape index (κ3) is 3.53. The highest BCUT2D eigenvalue weighted by molar-refractivity contribution is 6.14. The zero-order valence-electron chi connectivity index (χ0n) is 12.4. The van der Waals surface area contributed by atoms with Gasteiger partial charge in [0.25, 0.3) is 5.69 Å². The number of benzene rings is 2. The van der Waals surface area contributed by atoms with Gasteiger partial charge < -0.3 is 11.1 Å². The molecule has 0 atom stereocenters. The van der Waals surface area contributed by atoms with Gasteiger partial charge in [-0.25, -0.2) is 0 Å². The zero-order valence-corrected chi connectivity index (χ0v) is 12.4. The van der Waals surface area contributed by atoms with Crippen LogP contribution in [-0.2, 0) is 4.79 Å². The fourth-order valence-corrected chi connectivity index (χ4v) is 2.05. The third-order valence-electron chi connectivity index (χ3n) is 3.17. The lowest BCUT2D eigenvalue weighted by atomic mass is 10.00. The van der Waals surface area contributed by atoms with E-state index in [9.17, 15) is 19.7 Å². The lowest BCUT2D eigenvalue weighted by molar-refractivity contribution is -0.384. The number of nitrogen functional groups attached to an aromatic ring is 1. The van der Waals surface area contributed by atoms with Crippen molar-refractivity contribution in [2.45, 2.75) is 6.42 Å². The molecule has 24 heavy (non-hydrogen) atoms. The fourth-order valence-electron chi connectivity index (χ4n) is 2.05. The first-order valence-corrected chi connectivity index (χ1v) is 6.78. The van der Waals surface area contributed by atoms with E-state index in [0.29, 0.717) is 5.56 Å². The van der Waals surface area contributed by atoms with Gasteiger partial charge in [0.05, 0.1) is 27.9 Å². The normalized spacial score (nSPS) is 9.79. The Morgan fingerprint density at radius 2 is 1.92 bits per heavy atom. The molecule has 8 heteroatoms. The molecule has 0 saturated carbocycles. The Balaban J connectivity index is 2.53. The SMILES string of the molecule is N#CCC(=O)Nc1cc([N+](=O)[O-])cc(C(=O)c2ccccc2)c1N. The summed E-state index contributed by atoms with van der Waals surface area (Å²) in [7, 11) is 0. The van der Waals surface area contributed by atoms with E-state index >= 15 is 0 Å². The summed E-state index contributed by atoms with van der Waals surface area (Å²) in [5, 5.41) is 21.9. The molecule has 0 bridgehead atoms. The molecule has 2 aromatic carbocycles. The van der Waals surface area contributed by atoms with Crippen LogP contribution in [0.4, 0.5) is 17.1 Å². The third-order valence-corrected chi connectivity index (χ3v) is 3.17. The van der Waals surface area contributed by atoms with Crippen molar-refractivity contribution in [1.82, 2.24) is 0 Å². The summed E-state index contributed by atoms with van der Waals surface area (Å²) in [5.74, 6) is -1.18. The minimum Gasteiger partial charge on any atom is -0.396 e. The molecule has 1 amide bonds. The van der Waals surface area contributed by atoms with E-state index in [1.165, 1.54) is 0 Å². The van der Waals surface area contributed by atoms with E-state index < -0.39 is 28.7 Å². The van der Waals surface area contributed by atoms with Crippen molar-refractivity contribution in [2.24, 2.45) is 0 Å². The summed E-state index contributed by atoms with van der Waals surface area (Å²) < 4.78 is 0. The maximum Gasteiger partial charge on any atom is 0.272 e. The predicted octanol–water partition coefficient (Wildman–Crippen LogP) is 2.26. The Morgan fingerprint density at radius 1 is 1.25 bits per heavy atom. The van der Waals surface area contributed by atoms with Gasteiger partial charge in [-0.1, -0.05) is 30.3 Å². The highest BCUT2D eigenvalue weighted by atomic mass is 16.6. The monoisotopic (exact) mass is 324 g/mol. The van der Waals surface area contributed by atoms with E-state index in [0.717, 1.165) is 12.1 Å². The molecule has 8 nitrogen and oxygen atoms in total. The number of nitrogens with two attached hydrogens (primary N) is 1. The molecule has 0 aliphatic heterocycles. The summed E-state index contributed by atoms with van der Waals surface area (Å²) in [6.45, 7) is 0. The Kier molecular flexibility index (Phi) is 4.87. The molecule has 3 N–H and O–H groups in total. The van der Waals surface area contributed by atoms with Crippen LogP contribution >= 0.6 is 0 Å². The van der Waals surface area contributed by atoms with Crippen LogP contribution < -0.4 is 11.1 Å². The molecule has 0 aliphatic rings. The molecule has 2 aromatic rings. The van der Waals surface area contributed by atoms with Crippen LogP contribution in [0, 0.1) is 21.4 Å². The topological polar surface area (TPSA) is 139 Å². The average molecular weight is 324 g/mol. The standard InChI is InChI=1S/C16H12N4O4/c17-7-6-14(21)19-13-9-11(20(23)24)8-12(15(13)18)16(22)10-4-2-1-3-5-10/h1-5,8-9H,6,18H2,(H,19,21). The number of hydrogen-bond donors (Lipinski definition) is 2. The summed E-state index contributed by atoms with van der Waals surface area (Å²) >= 11 is 0. The van der Waals surface area contributed by atoms with Gasteiger partial charge in [-0.2, -0.15) is 5.26 Å². The molecular formula is C16H12N4O4. The first-order valence-electron chi connectivity index (χ1n) is 6.78. The van der Waals surface area contributed by atoms with Crippen LogP contribution in [-0.4, -0.2) is 16.6 Å². The van der Waals surface area contributed by atoms with Gasteiger partial charge in [-0.3, -0.25) is 19.7 Å². The van der Waals surface area contributed by atoms with Gasteiger partial charge in [-0.05, 0) is 0 Å². The molecule has 0 radical (unpaired) electrons. The van der Waals surface area contributed by atoms with Crippen LogP contribution in [0.15, 0.2) is 42.5 Å². The molecule has 0 heterocycles. The van der Waals surface area contributed by atoms with Gasteiger partial charge in [-0.15, -0.1) is 0 Å². The summed E-state index contributed by atoms with van der Waals surface area (Å²) in [6, 6.07) is 11.9. The molecular weight excluding hydrogens is 312 g/mol. The summed E-state index contributed by atoms with van der Waals surface area (Å²) in [5.41, 5.74) is 5.53. The van der Waals surface area contributed by atoms with Crippen molar-refractivity contribution in [2.75, 3.05) is 11.1 Å². The van der Waals surface area contributed by atoms with Crippen molar-refractivity contribution >= 4 is 28.8 Å². The smallest absolute Gasteiger partial charge is 0.272 e. The number of nitrogens with zero attached hydrogens (tertiary/aromatic N) is 2. The first kappa shape index (κ1) is 16.6. The number of hydrogen-bond acceptors (Lipinski definition) is 6. The number of non-ortho nitro benzene ring substituents is 1. The average Bonchev–Trinajstić information content (AvgIpc) is 2.57. The van der Waals surface area contributed by atoms with Gasteiger partial charge in [0.15, 0.2) is 5.78 Å². The number of nitriles is 1. The summed E-state index contributed by atoms with van der Waals surface area (Å²) in [4.78, 5) is 34.5. The molecule has 2 rings (SSSR count). The van der Waals surface area contributed by atoms with Crippen LogP contribution in [0.2, 0.25) is 0 Å². The van der Waals surface area contributed by atoms with Gasteiger partial charge in [0.2, 0.25) is 5.91 Å². The number of nitro groups is 1. The number of carbonyl (C=O) groups excluding carboxylic acids is 2. The minimum atomic E-state index is -0.693. The molecule has 0 aliphatic carbocycles. The second kappa shape index (κ2) is 7.02. The van der Waals surface area contributed by atoms with Crippen molar-refractivity contribution in [3.63, 3.8) is 0 Å². The summed E-state index contributed by atoms with van der Waals surface area (Å²) in [6.07, 6.45) is -0.440. The van der Waals surface area contributed by atoms with Crippen LogP contribution in [0.5, 0.6) is 0 Å². The Labute approximate surface area is 136 Å². The van der Waals surface area contributed by atoms with Crippen LogP contribution in [0.25, 0.3) is 0 Å². The minimum absolute atomic E-state index is 0.0799. The molecule has 0 aromatic heterocycles. The Hall–Kier alpha value is -3.73. The zero-order chi connectivity index (χ0) is 17.7. The van der Waals surface area contributed by atoms with Crippen molar-refractivity contribution in [1.29, 1.82) is 5.26 Å². The number of amides is 1. The number of rotatable bonds is 5. The van der Waals surface area contributed by atoms with Crippen molar-refractivity contribution in [3.05, 3.63) is 63.7 Å². The molecule has 0 spiro atoms. The highest BCUT2D eigenvalue weighted by Gasteiger charge is 2.21. The second-order valence-electron chi connectivity index (χ2n) is 4.79. The number of nitro benzene ring substituents is 1.